The third-order valence-electron chi connectivity index (χ3n) is 10.3. The zero-order valence-electron chi connectivity index (χ0n) is 30.2. The van der Waals surface area contributed by atoms with Gasteiger partial charge >= 0.3 is 11.9 Å². The van der Waals surface area contributed by atoms with E-state index in [1.54, 1.807) is 6.92 Å². The fraction of sp³-hybridized carbons (Fsp3) is 0.475. The number of aliphatic imine (C=N–C) groups is 1. The first-order valence-corrected chi connectivity index (χ1v) is 18.0. The maximum atomic E-state index is 13.7. The molecule has 4 aliphatic rings. The molecule has 3 N–H and O–H groups in total. The van der Waals surface area contributed by atoms with Crippen LogP contribution in [-0.2, 0) is 44.7 Å². The maximum Gasteiger partial charge on any atom is 0.357 e. The molecule has 0 saturated carbocycles. The number of esters is 2. The van der Waals surface area contributed by atoms with Gasteiger partial charge in [0, 0.05) is 45.2 Å². The van der Waals surface area contributed by atoms with E-state index in [0.717, 1.165) is 81.4 Å². The van der Waals surface area contributed by atoms with E-state index in [2.05, 4.69) is 60.9 Å². The van der Waals surface area contributed by atoms with Crippen LogP contribution in [0.1, 0.15) is 135 Å². The van der Waals surface area contributed by atoms with Crippen LogP contribution < -0.4 is 10.7 Å². The lowest BCUT2D eigenvalue weighted by Gasteiger charge is -2.30. The Kier molecular flexibility index (Phi) is 8.25. The Labute approximate surface area is 287 Å². The molecular formula is C40H48N4O5. The van der Waals surface area contributed by atoms with Crippen molar-refractivity contribution >= 4 is 35.9 Å². The van der Waals surface area contributed by atoms with Gasteiger partial charge in [0.05, 0.1) is 30.6 Å². The summed E-state index contributed by atoms with van der Waals surface area (Å²) in [6.45, 7) is 19.0. The van der Waals surface area contributed by atoms with E-state index in [4.69, 9.17) is 19.2 Å². The summed E-state index contributed by atoms with van der Waals surface area (Å²) < 4.78 is 18.2. The SMILES string of the molecule is CCOC(=O)C1=N/C2=C/c3[nH]c(c(CC)c3CC)/C=c3\[nH]/c(c(CC)c3CC)=C\c3[nH]c(C(=O)OCC)c4c3C3C2=C1C4C3OC(C)(C)C. The number of fused-ring (bicyclic) bond motifs is 7. The van der Waals surface area contributed by atoms with Crippen molar-refractivity contribution in [3.05, 3.63) is 83.7 Å². The molecule has 5 heterocycles. The van der Waals surface area contributed by atoms with Crippen molar-refractivity contribution in [1.82, 2.24) is 15.0 Å². The molecular weight excluding hydrogens is 616 g/mol. The average Bonchev–Trinajstić information content (AvgIpc) is 3.87. The number of aromatic nitrogens is 3. The minimum absolute atomic E-state index is 0.227. The number of rotatable bonds is 9. The number of hydrogen-bond acceptors (Lipinski definition) is 6. The van der Waals surface area contributed by atoms with E-state index in [-0.39, 0.29) is 30.9 Å². The summed E-state index contributed by atoms with van der Waals surface area (Å²) in [7, 11) is 0. The van der Waals surface area contributed by atoms with Gasteiger partial charge < -0.3 is 29.2 Å². The van der Waals surface area contributed by atoms with E-state index in [1.165, 1.54) is 22.3 Å². The largest absolute Gasteiger partial charge is 0.461 e. The molecule has 0 saturated heterocycles. The van der Waals surface area contributed by atoms with Gasteiger partial charge in [-0.1, -0.05) is 27.7 Å². The van der Waals surface area contributed by atoms with E-state index in [0.29, 0.717) is 5.69 Å². The molecule has 0 aromatic carbocycles. The first-order valence-electron chi connectivity index (χ1n) is 18.0. The van der Waals surface area contributed by atoms with Gasteiger partial charge in [0.25, 0.3) is 0 Å². The van der Waals surface area contributed by atoms with Gasteiger partial charge in [-0.25, -0.2) is 14.6 Å². The van der Waals surface area contributed by atoms with Crippen molar-refractivity contribution in [1.29, 1.82) is 0 Å². The van der Waals surface area contributed by atoms with Gasteiger partial charge in [0.15, 0.2) is 5.71 Å². The molecule has 9 nitrogen and oxygen atoms in total. The number of allylic oxidation sites excluding steroid dienone is 1. The number of hydrogen-bond donors (Lipinski definition) is 3. The zero-order chi connectivity index (χ0) is 34.9. The van der Waals surface area contributed by atoms with Crippen molar-refractivity contribution in [3.63, 3.8) is 0 Å². The summed E-state index contributed by atoms with van der Waals surface area (Å²) >= 11 is 0. The Morgan fingerprint density at radius 3 is 1.80 bits per heavy atom. The number of carbonyl (C=O) groups is 2. The molecule has 6 bridgehead atoms. The second-order valence-corrected chi connectivity index (χ2v) is 14.2. The summed E-state index contributed by atoms with van der Waals surface area (Å²) in [5.74, 6) is -1.60. The number of aromatic amines is 3. The Balaban J connectivity index is 1.63. The molecule has 0 fully saturated rings. The highest BCUT2D eigenvalue weighted by Crippen LogP contribution is 2.64. The molecule has 49 heavy (non-hydrogen) atoms. The smallest absolute Gasteiger partial charge is 0.357 e. The molecule has 9 heteroatoms. The van der Waals surface area contributed by atoms with Crippen LogP contribution in [0, 0.1) is 0 Å². The second kappa shape index (κ2) is 12.2. The van der Waals surface area contributed by atoms with E-state index >= 15 is 0 Å². The molecule has 0 radical (unpaired) electrons. The Hall–Kier alpha value is -4.37. The lowest BCUT2D eigenvalue weighted by molar-refractivity contribution is -0.135. The number of nitrogens with zero attached hydrogens (tertiary/aromatic N) is 1. The minimum Gasteiger partial charge on any atom is -0.461 e. The summed E-state index contributed by atoms with van der Waals surface area (Å²) in [6.07, 6.45) is 9.59. The molecule has 0 spiro atoms. The zero-order valence-corrected chi connectivity index (χ0v) is 30.2. The number of ether oxygens (including phenoxy) is 3. The van der Waals surface area contributed by atoms with Gasteiger partial charge in [0.2, 0.25) is 0 Å². The van der Waals surface area contributed by atoms with Crippen LogP contribution in [-0.4, -0.2) is 57.5 Å². The van der Waals surface area contributed by atoms with Gasteiger partial charge in [0.1, 0.15) is 5.69 Å². The highest BCUT2D eigenvalue weighted by Gasteiger charge is 2.60. The van der Waals surface area contributed by atoms with Crippen molar-refractivity contribution in [2.75, 3.05) is 13.2 Å². The molecule has 2 aliphatic heterocycles. The summed E-state index contributed by atoms with van der Waals surface area (Å²) in [5, 5.41) is 2.09. The highest BCUT2D eigenvalue weighted by molar-refractivity contribution is 6.45. The Bertz CT molecular complexity index is 2110. The van der Waals surface area contributed by atoms with Crippen LogP contribution >= 0.6 is 0 Å². The van der Waals surface area contributed by atoms with Crippen LogP contribution in [0.5, 0.6) is 0 Å². The summed E-state index contributed by atoms with van der Waals surface area (Å²) in [5.41, 5.74) is 12.5. The first-order chi connectivity index (χ1) is 23.5. The normalized spacial score (nSPS) is 22.6. The third-order valence-corrected chi connectivity index (χ3v) is 10.3. The van der Waals surface area contributed by atoms with E-state index in [9.17, 15) is 9.59 Å². The van der Waals surface area contributed by atoms with Crippen molar-refractivity contribution in [2.24, 2.45) is 4.99 Å². The third kappa shape index (κ3) is 5.03. The van der Waals surface area contributed by atoms with Crippen molar-refractivity contribution in [2.45, 2.75) is 112 Å². The lowest BCUT2D eigenvalue weighted by Crippen LogP contribution is -2.32. The minimum atomic E-state index is -0.497. The van der Waals surface area contributed by atoms with Crippen LogP contribution in [0.3, 0.4) is 0 Å². The van der Waals surface area contributed by atoms with Gasteiger partial charge in [-0.3, -0.25) is 0 Å². The average molecular weight is 665 g/mol. The molecule has 3 unspecified atom stereocenters. The Morgan fingerprint density at radius 1 is 0.673 bits per heavy atom. The molecule has 3 aromatic rings. The van der Waals surface area contributed by atoms with E-state index < -0.39 is 23.5 Å². The molecule has 3 atom stereocenters. The van der Waals surface area contributed by atoms with Crippen molar-refractivity contribution in [3.8, 4) is 0 Å². The predicted octanol–water partition coefficient (Wildman–Crippen LogP) is 5.80. The van der Waals surface area contributed by atoms with Gasteiger partial charge in [-0.05, 0) is 117 Å². The topological polar surface area (TPSA) is 122 Å². The fourth-order valence-electron chi connectivity index (χ4n) is 8.76. The molecule has 7 rings (SSSR count). The standard InChI is InChI=1S/C40H48N4O5/c1-10-19-21(12-3)25-17-27-29-31(35(43-27)38(45)47-14-5)34-32-30(33(29)37(34)49-40(7,8)9)28(44-36(32)39(46)48-15-6)18-26-22(13-4)20(11-2)24(42-26)16-23(19)41-25/h16-18,33-34,37,41-43H,10-15H2,1-9H3/b23-16-,25-17-,28-18+. The van der Waals surface area contributed by atoms with E-state index in [1.807, 2.05) is 27.7 Å². The number of H-pyrrole nitrogens is 3. The predicted molar refractivity (Wildman–Crippen MR) is 191 cm³/mol. The van der Waals surface area contributed by atoms with Crippen LogP contribution in [0.15, 0.2) is 21.8 Å². The quantitative estimate of drug-likeness (QED) is 0.250. The number of carbonyl (C=O) groups excluding carboxylic acids is 2. The Morgan fingerprint density at radius 2 is 1.22 bits per heavy atom. The first kappa shape index (κ1) is 33.1. The van der Waals surface area contributed by atoms with Crippen molar-refractivity contribution < 1.29 is 23.8 Å². The molecule has 258 valence electrons. The maximum absolute atomic E-state index is 13.7. The highest BCUT2D eigenvalue weighted by atomic mass is 16.5. The molecule has 0 amide bonds. The summed E-state index contributed by atoms with van der Waals surface area (Å²) in [4.78, 5) is 43.5. The number of nitrogens with one attached hydrogen (secondary N) is 3. The van der Waals surface area contributed by atoms with Crippen LogP contribution in [0.2, 0.25) is 0 Å². The monoisotopic (exact) mass is 664 g/mol. The van der Waals surface area contributed by atoms with Gasteiger partial charge in [-0.15, -0.1) is 0 Å². The molecule has 3 aromatic heterocycles. The van der Waals surface area contributed by atoms with Crippen LogP contribution in [0.4, 0.5) is 0 Å². The van der Waals surface area contributed by atoms with Gasteiger partial charge in [-0.2, -0.15) is 0 Å². The second-order valence-electron chi connectivity index (χ2n) is 14.2. The summed E-state index contributed by atoms with van der Waals surface area (Å²) in [6, 6.07) is 0. The van der Waals surface area contributed by atoms with Crippen LogP contribution in [0.25, 0.3) is 18.2 Å². The fourth-order valence-corrected chi connectivity index (χ4v) is 8.76. The molecule has 2 aliphatic carbocycles. The lowest BCUT2D eigenvalue weighted by atomic mass is 9.84.